The number of aromatic amines is 1. The first-order valence-electron chi connectivity index (χ1n) is 5.52. The van der Waals surface area contributed by atoms with Crippen molar-refractivity contribution in [3.05, 3.63) is 27.9 Å². The maximum Gasteiger partial charge on any atom is 0.321 e. The molecular formula is C10H14N4O3. The van der Waals surface area contributed by atoms with Crippen LogP contribution in [0.25, 0.3) is 0 Å². The highest BCUT2D eigenvalue weighted by Gasteiger charge is 2.20. The fourth-order valence-electron chi connectivity index (χ4n) is 1.86. The minimum absolute atomic E-state index is 0.0959. The van der Waals surface area contributed by atoms with Gasteiger partial charge >= 0.3 is 5.82 Å². The van der Waals surface area contributed by atoms with Gasteiger partial charge in [0.1, 0.15) is 0 Å². The molecule has 17 heavy (non-hydrogen) atoms. The number of amides is 1. The molecule has 0 spiro atoms. The minimum Gasteiger partial charge on any atom is -0.358 e. The molecule has 1 amide bonds. The Morgan fingerprint density at radius 3 is 2.94 bits per heavy atom. The quantitative estimate of drug-likeness (QED) is 0.524. The molecule has 1 aromatic rings. The molecule has 7 heteroatoms. The number of carbonyl (C=O) groups excluding carboxylic acids is 1. The van der Waals surface area contributed by atoms with Crippen LogP contribution in [0.5, 0.6) is 0 Å². The van der Waals surface area contributed by atoms with E-state index in [-0.39, 0.29) is 23.5 Å². The molecule has 0 unspecified atom stereocenters. The molecule has 1 aliphatic rings. The van der Waals surface area contributed by atoms with Gasteiger partial charge in [-0.3, -0.25) is 4.79 Å². The minimum atomic E-state index is -0.557. The number of hydrogen-bond donors (Lipinski definition) is 3. The van der Waals surface area contributed by atoms with Gasteiger partial charge in [-0.2, -0.15) is 0 Å². The van der Waals surface area contributed by atoms with E-state index in [0.717, 1.165) is 25.9 Å². The van der Waals surface area contributed by atoms with Gasteiger partial charge in [0.05, 0.1) is 0 Å². The van der Waals surface area contributed by atoms with Crippen molar-refractivity contribution in [1.82, 2.24) is 15.6 Å². The zero-order valence-corrected chi connectivity index (χ0v) is 9.23. The first kappa shape index (κ1) is 11.6. The molecule has 1 saturated heterocycles. The van der Waals surface area contributed by atoms with Crippen molar-refractivity contribution in [2.75, 3.05) is 13.1 Å². The van der Waals surface area contributed by atoms with Crippen molar-refractivity contribution in [3.8, 4) is 0 Å². The van der Waals surface area contributed by atoms with Crippen molar-refractivity contribution < 1.29 is 9.72 Å². The Hall–Kier alpha value is -1.89. The number of nitrogens with one attached hydrogen (secondary N) is 3. The van der Waals surface area contributed by atoms with Gasteiger partial charge in [0.15, 0.2) is 5.69 Å². The summed E-state index contributed by atoms with van der Waals surface area (Å²) < 4.78 is 0. The van der Waals surface area contributed by atoms with Crippen LogP contribution in [0.15, 0.2) is 12.1 Å². The van der Waals surface area contributed by atoms with Crippen LogP contribution >= 0.6 is 0 Å². The fourth-order valence-corrected chi connectivity index (χ4v) is 1.86. The summed E-state index contributed by atoms with van der Waals surface area (Å²) in [5, 5.41) is 16.5. The molecule has 1 aromatic heterocycles. The number of piperidine rings is 1. The fraction of sp³-hybridized carbons (Fsp3) is 0.500. The van der Waals surface area contributed by atoms with Gasteiger partial charge < -0.3 is 20.7 Å². The second-order valence-corrected chi connectivity index (χ2v) is 4.03. The van der Waals surface area contributed by atoms with Gasteiger partial charge in [-0.05, 0) is 30.4 Å². The molecule has 7 nitrogen and oxygen atoms in total. The Bertz CT molecular complexity index is 423. The summed E-state index contributed by atoms with van der Waals surface area (Å²) in [6.07, 6.45) is 1.96. The summed E-state index contributed by atoms with van der Waals surface area (Å²) in [7, 11) is 0. The number of hydrogen-bond acceptors (Lipinski definition) is 4. The topological polar surface area (TPSA) is 100 Å². The maximum atomic E-state index is 11.8. The molecule has 1 aliphatic heterocycles. The molecule has 92 valence electrons. The number of nitro groups is 1. The lowest BCUT2D eigenvalue weighted by Crippen LogP contribution is -2.45. The number of rotatable bonds is 3. The van der Waals surface area contributed by atoms with Gasteiger partial charge in [-0.1, -0.05) is 0 Å². The Kier molecular flexibility index (Phi) is 3.38. The lowest BCUT2D eigenvalue weighted by molar-refractivity contribution is -0.389. The van der Waals surface area contributed by atoms with E-state index in [2.05, 4.69) is 15.6 Å². The van der Waals surface area contributed by atoms with Crippen LogP contribution < -0.4 is 10.6 Å². The number of nitrogens with zero attached hydrogens (tertiary/aromatic N) is 1. The summed E-state index contributed by atoms with van der Waals surface area (Å²) in [6, 6.07) is 2.80. The third-order valence-corrected chi connectivity index (χ3v) is 2.74. The number of carbonyl (C=O) groups is 1. The smallest absolute Gasteiger partial charge is 0.321 e. The predicted octanol–water partition coefficient (Wildman–Crippen LogP) is 0.405. The molecule has 0 bridgehead atoms. The third kappa shape index (κ3) is 2.82. The van der Waals surface area contributed by atoms with Crippen LogP contribution in [0.1, 0.15) is 23.3 Å². The van der Waals surface area contributed by atoms with E-state index in [1.165, 1.54) is 12.1 Å². The van der Waals surface area contributed by atoms with Crippen molar-refractivity contribution in [1.29, 1.82) is 0 Å². The van der Waals surface area contributed by atoms with E-state index in [1.54, 1.807) is 0 Å². The highest BCUT2D eigenvalue weighted by molar-refractivity contribution is 5.93. The molecule has 3 N–H and O–H groups in total. The first-order valence-corrected chi connectivity index (χ1v) is 5.52. The Morgan fingerprint density at radius 2 is 2.35 bits per heavy atom. The Morgan fingerprint density at radius 1 is 1.53 bits per heavy atom. The van der Waals surface area contributed by atoms with Crippen molar-refractivity contribution >= 4 is 11.7 Å². The van der Waals surface area contributed by atoms with E-state index in [9.17, 15) is 14.9 Å². The van der Waals surface area contributed by atoms with Crippen molar-refractivity contribution in [2.24, 2.45) is 0 Å². The largest absolute Gasteiger partial charge is 0.358 e. The molecule has 1 fully saturated rings. The SMILES string of the molecule is O=C(N[C@@H]1CCCNC1)c1ccc([N+](=O)[O-])[nH]1. The maximum absolute atomic E-state index is 11.8. The third-order valence-electron chi connectivity index (χ3n) is 2.74. The Labute approximate surface area is 97.7 Å². The summed E-state index contributed by atoms with van der Waals surface area (Å²) in [5.74, 6) is -0.469. The molecule has 0 saturated carbocycles. The monoisotopic (exact) mass is 238 g/mol. The van der Waals surface area contributed by atoms with Crippen LogP contribution in [-0.4, -0.2) is 34.9 Å². The van der Waals surface area contributed by atoms with E-state index in [1.807, 2.05) is 0 Å². The molecular weight excluding hydrogens is 224 g/mol. The second kappa shape index (κ2) is 4.96. The normalized spacial score (nSPS) is 19.9. The summed E-state index contributed by atoms with van der Waals surface area (Å²) >= 11 is 0. The zero-order valence-electron chi connectivity index (χ0n) is 9.23. The summed E-state index contributed by atoms with van der Waals surface area (Å²) in [5.41, 5.74) is 0.224. The van der Waals surface area contributed by atoms with Crippen LogP contribution in [0.4, 0.5) is 5.82 Å². The van der Waals surface area contributed by atoms with Crippen LogP contribution in [-0.2, 0) is 0 Å². The van der Waals surface area contributed by atoms with E-state index < -0.39 is 4.92 Å². The highest BCUT2D eigenvalue weighted by Crippen LogP contribution is 2.10. The Balaban J connectivity index is 1.96. The average molecular weight is 238 g/mol. The van der Waals surface area contributed by atoms with Gasteiger partial charge in [-0.25, -0.2) is 4.98 Å². The number of aromatic nitrogens is 1. The molecule has 2 heterocycles. The lowest BCUT2D eigenvalue weighted by Gasteiger charge is -2.23. The van der Waals surface area contributed by atoms with Gasteiger partial charge in [-0.15, -0.1) is 0 Å². The van der Waals surface area contributed by atoms with Crippen molar-refractivity contribution in [2.45, 2.75) is 18.9 Å². The molecule has 0 radical (unpaired) electrons. The van der Waals surface area contributed by atoms with E-state index in [0.29, 0.717) is 0 Å². The van der Waals surface area contributed by atoms with Gasteiger partial charge in [0.25, 0.3) is 5.91 Å². The summed E-state index contributed by atoms with van der Waals surface area (Å²) in [6.45, 7) is 1.72. The van der Waals surface area contributed by atoms with E-state index in [4.69, 9.17) is 0 Å². The molecule has 0 aliphatic carbocycles. The molecule has 0 aromatic carbocycles. The number of H-pyrrole nitrogens is 1. The van der Waals surface area contributed by atoms with Crippen LogP contribution in [0, 0.1) is 10.1 Å². The zero-order chi connectivity index (χ0) is 12.3. The molecule has 2 rings (SSSR count). The van der Waals surface area contributed by atoms with Crippen LogP contribution in [0.3, 0.4) is 0 Å². The first-order chi connectivity index (χ1) is 8.16. The standard InChI is InChI=1S/C10H14N4O3/c15-10(12-7-2-1-5-11-6-7)8-3-4-9(13-8)14(16)17/h3-4,7,11,13H,1-2,5-6H2,(H,12,15)/t7-/m1/s1. The summed E-state index contributed by atoms with van der Waals surface area (Å²) in [4.78, 5) is 24.1. The average Bonchev–Trinajstić information content (AvgIpc) is 2.79. The van der Waals surface area contributed by atoms with E-state index >= 15 is 0 Å². The van der Waals surface area contributed by atoms with Gasteiger partial charge in [0.2, 0.25) is 0 Å². The van der Waals surface area contributed by atoms with Crippen LogP contribution in [0.2, 0.25) is 0 Å². The molecule has 1 atom stereocenters. The second-order valence-electron chi connectivity index (χ2n) is 4.03. The lowest BCUT2D eigenvalue weighted by atomic mass is 10.1. The van der Waals surface area contributed by atoms with Gasteiger partial charge in [0, 0.05) is 18.7 Å². The predicted molar refractivity (Wildman–Crippen MR) is 60.8 cm³/mol. The van der Waals surface area contributed by atoms with Crippen molar-refractivity contribution in [3.63, 3.8) is 0 Å². The highest BCUT2D eigenvalue weighted by atomic mass is 16.6.